The van der Waals surface area contributed by atoms with Crippen LogP contribution in [0, 0.1) is 0 Å². The molecule has 7 heteroatoms. The van der Waals surface area contributed by atoms with Gasteiger partial charge in [-0.15, -0.1) is 0 Å². The van der Waals surface area contributed by atoms with E-state index in [-0.39, 0.29) is 11.0 Å². The van der Waals surface area contributed by atoms with Crippen LogP contribution >= 0.6 is 11.6 Å². The number of rotatable bonds is 3. The van der Waals surface area contributed by atoms with Gasteiger partial charge in [0.1, 0.15) is 6.21 Å². The smallest absolute Gasteiger partial charge is 0.348 e. The minimum absolute atomic E-state index is 0.130. The highest BCUT2D eigenvalue weighted by Gasteiger charge is 1.98. The SMILES string of the molecule is O=C(O)C=NNc1nccnc1Cl. The van der Waals surface area contributed by atoms with Gasteiger partial charge in [0.15, 0.2) is 11.0 Å². The molecule has 1 aromatic heterocycles. The van der Waals surface area contributed by atoms with Crippen molar-refractivity contribution in [2.24, 2.45) is 5.10 Å². The molecule has 1 rings (SSSR count). The Bertz CT molecular complexity index is 341. The maximum absolute atomic E-state index is 10.0. The van der Waals surface area contributed by atoms with E-state index < -0.39 is 5.97 Å². The predicted octanol–water partition coefficient (Wildman–Crippen LogP) is 0.612. The van der Waals surface area contributed by atoms with E-state index in [1.54, 1.807) is 0 Å². The largest absolute Gasteiger partial charge is 0.477 e. The Morgan fingerprint density at radius 3 is 2.92 bits per heavy atom. The first-order chi connectivity index (χ1) is 6.20. The molecule has 0 aromatic carbocycles. The number of aliphatic carboxylic acids is 1. The molecule has 0 atom stereocenters. The van der Waals surface area contributed by atoms with Crippen molar-refractivity contribution in [3.05, 3.63) is 17.5 Å². The molecule has 0 bridgehead atoms. The van der Waals surface area contributed by atoms with Crippen LogP contribution in [-0.2, 0) is 4.79 Å². The van der Waals surface area contributed by atoms with Crippen LogP contribution in [0.1, 0.15) is 0 Å². The van der Waals surface area contributed by atoms with Crippen molar-refractivity contribution < 1.29 is 9.90 Å². The molecule has 0 aliphatic rings. The van der Waals surface area contributed by atoms with Gasteiger partial charge in [0, 0.05) is 12.4 Å². The molecule has 0 aliphatic carbocycles. The number of carboxylic acid groups (broad SMARTS) is 1. The molecule has 0 fully saturated rings. The Hall–Kier alpha value is -1.69. The van der Waals surface area contributed by atoms with E-state index in [1.165, 1.54) is 12.4 Å². The van der Waals surface area contributed by atoms with Crippen LogP contribution in [0.4, 0.5) is 5.82 Å². The molecule has 1 heterocycles. The van der Waals surface area contributed by atoms with Crippen LogP contribution < -0.4 is 5.43 Å². The Morgan fingerprint density at radius 1 is 1.62 bits per heavy atom. The fourth-order valence-electron chi connectivity index (χ4n) is 0.545. The van der Waals surface area contributed by atoms with Gasteiger partial charge in [-0.2, -0.15) is 5.10 Å². The van der Waals surface area contributed by atoms with Gasteiger partial charge in [0.05, 0.1) is 0 Å². The van der Waals surface area contributed by atoms with Gasteiger partial charge >= 0.3 is 5.97 Å². The van der Waals surface area contributed by atoms with E-state index in [2.05, 4.69) is 20.5 Å². The van der Waals surface area contributed by atoms with Crippen molar-refractivity contribution in [2.75, 3.05) is 5.43 Å². The first-order valence-corrected chi connectivity index (χ1v) is 3.56. The maximum atomic E-state index is 10.0. The topological polar surface area (TPSA) is 87.5 Å². The minimum atomic E-state index is -1.16. The van der Waals surface area contributed by atoms with E-state index >= 15 is 0 Å². The lowest BCUT2D eigenvalue weighted by Crippen LogP contribution is -2.00. The molecule has 0 aliphatic heterocycles. The third kappa shape index (κ3) is 3.04. The lowest BCUT2D eigenvalue weighted by Gasteiger charge is -1.98. The van der Waals surface area contributed by atoms with Crippen LogP contribution in [0.2, 0.25) is 5.15 Å². The van der Waals surface area contributed by atoms with Gasteiger partial charge in [-0.05, 0) is 0 Å². The number of nitrogens with one attached hydrogen (secondary N) is 1. The number of anilines is 1. The average Bonchev–Trinajstić information content (AvgIpc) is 2.08. The van der Waals surface area contributed by atoms with Crippen molar-refractivity contribution in [3.63, 3.8) is 0 Å². The predicted molar refractivity (Wildman–Crippen MR) is 46.8 cm³/mol. The molecule has 0 radical (unpaired) electrons. The summed E-state index contributed by atoms with van der Waals surface area (Å²) in [6.07, 6.45) is 3.50. The van der Waals surface area contributed by atoms with Gasteiger partial charge in [0.2, 0.25) is 0 Å². The number of hydrogen-bond donors (Lipinski definition) is 2. The normalized spacial score (nSPS) is 10.2. The van der Waals surface area contributed by atoms with Gasteiger partial charge in [-0.1, -0.05) is 11.6 Å². The Morgan fingerprint density at radius 2 is 2.31 bits per heavy atom. The second-order valence-corrected chi connectivity index (χ2v) is 2.26. The lowest BCUT2D eigenvalue weighted by molar-refractivity contribution is -0.128. The molecule has 2 N–H and O–H groups in total. The Kier molecular flexibility index (Phi) is 3.15. The average molecular weight is 201 g/mol. The molecule has 0 saturated carbocycles. The summed E-state index contributed by atoms with van der Waals surface area (Å²) in [5, 5.41) is 11.7. The van der Waals surface area contributed by atoms with E-state index in [0.29, 0.717) is 6.21 Å². The van der Waals surface area contributed by atoms with Crippen molar-refractivity contribution in [1.29, 1.82) is 0 Å². The van der Waals surface area contributed by atoms with Crippen molar-refractivity contribution >= 4 is 29.6 Å². The molecular weight excluding hydrogens is 196 g/mol. The van der Waals surface area contributed by atoms with E-state index in [0.717, 1.165) is 0 Å². The van der Waals surface area contributed by atoms with Crippen LogP contribution in [0.3, 0.4) is 0 Å². The summed E-state index contributed by atoms with van der Waals surface area (Å²) in [6.45, 7) is 0. The zero-order valence-corrected chi connectivity index (χ0v) is 7.06. The van der Waals surface area contributed by atoms with Crippen LogP contribution in [0.15, 0.2) is 17.5 Å². The van der Waals surface area contributed by atoms with E-state index in [1.807, 2.05) is 0 Å². The second kappa shape index (κ2) is 4.36. The third-order valence-electron chi connectivity index (χ3n) is 0.999. The monoisotopic (exact) mass is 200 g/mol. The first-order valence-electron chi connectivity index (χ1n) is 3.18. The quantitative estimate of drug-likeness (QED) is 0.552. The maximum Gasteiger partial charge on any atom is 0.348 e. The molecule has 0 unspecified atom stereocenters. The molecule has 13 heavy (non-hydrogen) atoms. The number of nitrogens with zero attached hydrogens (tertiary/aromatic N) is 3. The van der Waals surface area contributed by atoms with E-state index in [9.17, 15) is 4.79 Å². The number of aromatic nitrogens is 2. The van der Waals surface area contributed by atoms with Gasteiger partial charge in [0.25, 0.3) is 0 Å². The summed E-state index contributed by atoms with van der Waals surface area (Å²) in [5.74, 6) is -0.950. The van der Waals surface area contributed by atoms with Crippen molar-refractivity contribution in [2.45, 2.75) is 0 Å². The van der Waals surface area contributed by atoms with Crippen LogP contribution in [0.5, 0.6) is 0 Å². The van der Waals surface area contributed by atoms with Gasteiger partial charge in [-0.25, -0.2) is 14.8 Å². The molecule has 0 spiro atoms. The fraction of sp³-hybridized carbons (Fsp3) is 0. The molecular formula is C6H5ClN4O2. The number of hydrogen-bond acceptors (Lipinski definition) is 5. The van der Waals surface area contributed by atoms with E-state index in [4.69, 9.17) is 16.7 Å². The van der Waals surface area contributed by atoms with Crippen LogP contribution in [-0.4, -0.2) is 27.3 Å². The third-order valence-corrected chi connectivity index (χ3v) is 1.28. The summed E-state index contributed by atoms with van der Waals surface area (Å²) in [6, 6.07) is 0. The second-order valence-electron chi connectivity index (χ2n) is 1.90. The molecule has 6 nitrogen and oxygen atoms in total. The summed E-state index contributed by atoms with van der Waals surface area (Å²) in [7, 11) is 0. The fourth-order valence-corrected chi connectivity index (χ4v) is 0.692. The van der Waals surface area contributed by atoms with Crippen molar-refractivity contribution in [1.82, 2.24) is 9.97 Å². The lowest BCUT2D eigenvalue weighted by atomic mass is 10.7. The Balaban J connectivity index is 2.64. The highest BCUT2D eigenvalue weighted by molar-refractivity contribution is 6.31. The number of carbonyl (C=O) groups is 1. The molecule has 1 aromatic rings. The number of hydrazone groups is 1. The summed E-state index contributed by atoms with van der Waals surface area (Å²) in [4.78, 5) is 17.5. The molecule has 0 saturated heterocycles. The minimum Gasteiger partial charge on any atom is -0.477 e. The highest BCUT2D eigenvalue weighted by Crippen LogP contribution is 2.13. The standard InChI is InChI=1S/C6H5ClN4O2/c7-5-6(9-2-1-8-5)11-10-3-4(12)13/h1-3H,(H,9,11)(H,12,13). The molecule has 0 amide bonds. The van der Waals surface area contributed by atoms with Crippen molar-refractivity contribution in [3.8, 4) is 0 Å². The first kappa shape index (κ1) is 9.40. The number of carboxylic acids is 1. The number of halogens is 1. The zero-order valence-electron chi connectivity index (χ0n) is 6.31. The highest BCUT2D eigenvalue weighted by atomic mass is 35.5. The van der Waals surface area contributed by atoms with Gasteiger partial charge in [-0.3, -0.25) is 5.43 Å². The summed E-state index contributed by atoms with van der Waals surface area (Å²) in [5.41, 5.74) is 2.33. The molecule has 68 valence electrons. The zero-order chi connectivity index (χ0) is 9.68. The summed E-state index contributed by atoms with van der Waals surface area (Å²) >= 11 is 5.58. The summed E-state index contributed by atoms with van der Waals surface area (Å²) < 4.78 is 0. The Labute approximate surface area is 78.3 Å². The van der Waals surface area contributed by atoms with Crippen LogP contribution in [0.25, 0.3) is 0 Å². The van der Waals surface area contributed by atoms with Gasteiger partial charge < -0.3 is 5.11 Å².